The number of aryl methyl sites for hydroxylation is 1. The second-order valence-electron chi connectivity index (χ2n) is 4.48. The summed E-state index contributed by atoms with van der Waals surface area (Å²) in [4.78, 5) is 18.7. The minimum Gasteiger partial charge on any atom is -0.375 e. The van der Waals surface area contributed by atoms with Gasteiger partial charge in [-0.1, -0.05) is 29.5 Å². The van der Waals surface area contributed by atoms with Crippen molar-refractivity contribution in [3.05, 3.63) is 40.9 Å². The molecule has 0 spiro atoms. The minimum atomic E-state index is -0.113. The Morgan fingerprint density at radius 2 is 2.10 bits per heavy atom. The maximum absolute atomic E-state index is 12.0. The number of amides is 1. The number of nitrogens with two attached hydrogens (primary N) is 1. The Labute approximate surface area is 122 Å². The van der Waals surface area contributed by atoms with Gasteiger partial charge in [-0.15, -0.1) is 0 Å². The number of likely N-dealkylation sites (N-methyl/N-ethyl adjacent to an activating group) is 1. The molecule has 0 saturated carbocycles. The smallest absolute Gasteiger partial charge is 0.263 e. The highest BCUT2D eigenvalue weighted by Gasteiger charge is 2.13. The number of anilines is 2. The third-order valence-corrected chi connectivity index (χ3v) is 3.93. The van der Waals surface area contributed by atoms with Gasteiger partial charge in [0.15, 0.2) is 5.13 Å². The predicted molar refractivity (Wildman–Crippen MR) is 83.3 cm³/mol. The van der Waals surface area contributed by atoms with E-state index >= 15 is 0 Å². The molecule has 0 radical (unpaired) electrons. The fourth-order valence-electron chi connectivity index (χ4n) is 1.86. The number of hydrogen-bond acceptors (Lipinski definition) is 5. The molecule has 2 aromatic rings. The molecule has 0 aliphatic carbocycles. The van der Waals surface area contributed by atoms with E-state index in [9.17, 15) is 4.79 Å². The van der Waals surface area contributed by atoms with Gasteiger partial charge < -0.3 is 16.0 Å². The van der Waals surface area contributed by atoms with Crippen molar-refractivity contribution in [2.24, 2.45) is 0 Å². The molecule has 1 amide bonds. The number of rotatable bonds is 5. The van der Waals surface area contributed by atoms with E-state index in [-0.39, 0.29) is 5.91 Å². The van der Waals surface area contributed by atoms with Gasteiger partial charge in [0.25, 0.3) is 5.91 Å². The summed E-state index contributed by atoms with van der Waals surface area (Å²) in [6, 6.07) is 10.0. The molecule has 106 valence electrons. The molecule has 20 heavy (non-hydrogen) atoms. The number of aromatic nitrogens is 1. The highest BCUT2D eigenvalue weighted by atomic mass is 32.1. The van der Waals surface area contributed by atoms with E-state index in [0.717, 1.165) is 12.2 Å². The van der Waals surface area contributed by atoms with Crippen molar-refractivity contribution in [3.8, 4) is 0 Å². The van der Waals surface area contributed by atoms with Crippen LogP contribution < -0.4 is 16.0 Å². The van der Waals surface area contributed by atoms with Crippen molar-refractivity contribution in [2.75, 3.05) is 30.8 Å². The topological polar surface area (TPSA) is 71.2 Å². The van der Waals surface area contributed by atoms with Gasteiger partial charge in [-0.3, -0.25) is 4.79 Å². The number of carbonyl (C=O) groups excluding carboxylic acids is 1. The van der Waals surface area contributed by atoms with Crippen molar-refractivity contribution in [2.45, 2.75) is 6.92 Å². The van der Waals surface area contributed by atoms with E-state index in [1.54, 1.807) is 6.92 Å². The van der Waals surface area contributed by atoms with Crippen LogP contribution in [0.1, 0.15) is 15.4 Å². The zero-order chi connectivity index (χ0) is 14.5. The third-order valence-electron chi connectivity index (χ3n) is 2.95. The average Bonchev–Trinajstić information content (AvgIpc) is 2.78. The number of nitrogen functional groups attached to an aromatic ring is 1. The summed E-state index contributed by atoms with van der Waals surface area (Å²) >= 11 is 1.22. The molecule has 0 fully saturated rings. The first-order valence-corrected chi connectivity index (χ1v) is 7.17. The van der Waals surface area contributed by atoms with Crippen LogP contribution in [-0.4, -0.2) is 31.0 Å². The summed E-state index contributed by atoms with van der Waals surface area (Å²) in [7, 11) is 2.00. The standard InChI is InChI=1S/C14H18N4OS/c1-10-12(20-14(15)17-10)13(19)16-8-9-18(2)11-6-4-3-5-7-11/h3-7H,8-9H2,1-2H3,(H2,15,17)(H,16,19). The van der Waals surface area contributed by atoms with Gasteiger partial charge in [-0.2, -0.15) is 0 Å². The molecule has 6 heteroatoms. The van der Waals surface area contributed by atoms with E-state index in [1.165, 1.54) is 11.3 Å². The molecule has 0 aliphatic heterocycles. The molecule has 3 N–H and O–H groups in total. The fourth-order valence-corrected chi connectivity index (χ4v) is 2.61. The highest BCUT2D eigenvalue weighted by molar-refractivity contribution is 7.17. The van der Waals surface area contributed by atoms with Gasteiger partial charge >= 0.3 is 0 Å². The summed E-state index contributed by atoms with van der Waals surface area (Å²) in [6.07, 6.45) is 0. The second kappa shape index (κ2) is 6.38. The lowest BCUT2D eigenvalue weighted by Gasteiger charge is -2.19. The lowest BCUT2D eigenvalue weighted by molar-refractivity contribution is 0.0958. The van der Waals surface area contributed by atoms with Crippen LogP contribution >= 0.6 is 11.3 Å². The maximum atomic E-state index is 12.0. The van der Waals surface area contributed by atoms with E-state index in [2.05, 4.69) is 15.2 Å². The number of nitrogens with zero attached hydrogens (tertiary/aromatic N) is 2. The number of thiazole rings is 1. The molecule has 0 atom stereocenters. The average molecular weight is 290 g/mol. The van der Waals surface area contributed by atoms with Crippen LogP contribution in [-0.2, 0) is 0 Å². The van der Waals surface area contributed by atoms with Crippen LogP contribution in [0, 0.1) is 6.92 Å². The molecular weight excluding hydrogens is 272 g/mol. The van der Waals surface area contributed by atoms with Crippen LogP contribution in [0.3, 0.4) is 0 Å². The number of hydrogen-bond donors (Lipinski definition) is 2. The molecule has 0 unspecified atom stereocenters. The Morgan fingerprint density at radius 3 is 2.70 bits per heavy atom. The first-order valence-electron chi connectivity index (χ1n) is 6.35. The Bertz CT molecular complexity index is 582. The molecular formula is C14H18N4OS. The molecule has 5 nitrogen and oxygen atoms in total. The Hall–Kier alpha value is -2.08. The minimum absolute atomic E-state index is 0.113. The number of para-hydroxylation sites is 1. The summed E-state index contributed by atoms with van der Waals surface area (Å²) in [5.41, 5.74) is 7.40. The van der Waals surface area contributed by atoms with Crippen molar-refractivity contribution in [1.82, 2.24) is 10.3 Å². The monoisotopic (exact) mass is 290 g/mol. The first-order chi connectivity index (χ1) is 9.58. The van der Waals surface area contributed by atoms with E-state index < -0.39 is 0 Å². The van der Waals surface area contributed by atoms with E-state index in [1.807, 2.05) is 37.4 Å². The molecule has 1 heterocycles. The van der Waals surface area contributed by atoms with Gasteiger partial charge in [0, 0.05) is 25.8 Å². The summed E-state index contributed by atoms with van der Waals surface area (Å²) in [6.45, 7) is 3.10. The molecule has 1 aromatic carbocycles. The lowest BCUT2D eigenvalue weighted by Crippen LogP contribution is -2.32. The van der Waals surface area contributed by atoms with Crippen molar-refractivity contribution in [1.29, 1.82) is 0 Å². The lowest BCUT2D eigenvalue weighted by atomic mass is 10.3. The van der Waals surface area contributed by atoms with Gasteiger partial charge in [0.05, 0.1) is 5.69 Å². The largest absolute Gasteiger partial charge is 0.375 e. The quantitative estimate of drug-likeness (QED) is 0.882. The highest BCUT2D eigenvalue weighted by Crippen LogP contribution is 2.19. The van der Waals surface area contributed by atoms with Gasteiger partial charge in [-0.05, 0) is 19.1 Å². The van der Waals surface area contributed by atoms with Crippen LogP contribution in [0.15, 0.2) is 30.3 Å². The van der Waals surface area contributed by atoms with Crippen molar-refractivity contribution >= 4 is 28.1 Å². The van der Waals surface area contributed by atoms with Crippen molar-refractivity contribution in [3.63, 3.8) is 0 Å². The third kappa shape index (κ3) is 3.48. The zero-order valence-electron chi connectivity index (χ0n) is 11.6. The molecule has 0 aliphatic rings. The van der Waals surface area contributed by atoms with Crippen LogP contribution in [0.25, 0.3) is 0 Å². The zero-order valence-corrected chi connectivity index (χ0v) is 12.4. The summed E-state index contributed by atoms with van der Waals surface area (Å²) in [5, 5.41) is 3.31. The summed E-state index contributed by atoms with van der Waals surface area (Å²) in [5.74, 6) is -0.113. The maximum Gasteiger partial charge on any atom is 0.263 e. The Morgan fingerprint density at radius 1 is 1.40 bits per heavy atom. The van der Waals surface area contributed by atoms with Crippen LogP contribution in [0.4, 0.5) is 10.8 Å². The van der Waals surface area contributed by atoms with Crippen molar-refractivity contribution < 1.29 is 4.79 Å². The second-order valence-corrected chi connectivity index (χ2v) is 5.51. The Balaban J connectivity index is 1.84. The fraction of sp³-hybridized carbons (Fsp3) is 0.286. The molecule has 0 saturated heterocycles. The SMILES string of the molecule is Cc1nc(N)sc1C(=O)NCCN(C)c1ccccc1. The number of benzene rings is 1. The normalized spacial score (nSPS) is 10.3. The molecule has 0 bridgehead atoms. The van der Waals surface area contributed by atoms with Crippen LogP contribution in [0.2, 0.25) is 0 Å². The van der Waals surface area contributed by atoms with Crippen LogP contribution in [0.5, 0.6) is 0 Å². The van der Waals surface area contributed by atoms with E-state index in [4.69, 9.17) is 5.73 Å². The van der Waals surface area contributed by atoms with E-state index in [0.29, 0.717) is 22.2 Å². The summed E-state index contributed by atoms with van der Waals surface area (Å²) < 4.78 is 0. The van der Waals surface area contributed by atoms with Gasteiger partial charge in [0.1, 0.15) is 4.88 Å². The Kier molecular flexibility index (Phi) is 4.57. The number of carbonyl (C=O) groups is 1. The number of nitrogens with one attached hydrogen (secondary N) is 1. The molecule has 2 rings (SSSR count). The predicted octanol–water partition coefficient (Wildman–Crippen LogP) is 1.90. The van der Waals surface area contributed by atoms with Gasteiger partial charge in [0.2, 0.25) is 0 Å². The van der Waals surface area contributed by atoms with Gasteiger partial charge in [-0.25, -0.2) is 4.98 Å². The first kappa shape index (κ1) is 14.3. The molecule has 1 aromatic heterocycles.